The molecule has 1 aliphatic rings. The fourth-order valence-corrected chi connectivity index (χ4v) is 4.24. The maximum absolute atomic E-state index is 13.3. The van der Waals surface area contributed by atoms with Crippen LogP contribution in [0.4, 0.5) is 11.5 Å². The van der Waals surface area contributed by atoms with E-state index in [1.807, 2.05) is 48.5 Å². The number of pyridine rings is 1. The molecule has 2 N–H and O–H groups in total. The highest BCUT2D eigenvalue weighted by Crippen LogP contribution is 2.32. The molecule has 1 aromatic heterocycles. The minimum absolute atomic E-state index is 0.0536. The van der Waals surface area contributed by atoms with E-state index >= 15 is 0 Å². The smallest absolute Gasteiger partial charge is 0.252 e. The number of carbonyl (C=O) groups excluding carboxylic acids is 1. The Morgan fingerprint density at radius 1 is 1.03 bits per heavy atom. The van der Waals surface area contributed by atoms with Gasteiger partial charge in [0.25, 0.3) is 5.91 Å². The molecule has 6 nitrogen and oxygen atoms in total. The Balaban J connectivity index is 1.67. The van der Waals surface area contributed by atoms with E-state index < -0.39 is 0 Å². The van der Waals surface area contributed by atoms with Gasteiger partial charge in [0.15, 0.2) is 0 Å². The summed E-state index contributed by atoms with van der Waals surface area (Å²) in [7, 11) is 3.23. The lowest BCUT2D eigenvalue weighted by atomic mass is 9.86. The quantitative estimate of drug-likeness (QED) is 0.567. The molecule has 0 spiro atoms. The summed E-state index contributed by atoms with van der Waals surface area (Å²) in [6.45, 7) is 2.22. The zero-order chi connectivity index (χ0) is 21.8. The van der Waals surface area contributed by atoms with E-state index in [1.54, 1.807) is 14.2 Å². The number of benzene rings is 2. The number of hydrogen-bond donors (Lipinski definition) is 2. The van der Waals surface area contributed by atoms with Crippen LogP contribution >= 0.6 is 0 Å². The number of rotatable bonds is 6. The maximum atomic E-state index is 13.3. The van der Waals surface area contributed by atoms with Crippen LogP contribution in [0, 0.1) is 5.92 Å². The van der Waals surface area contributed by atoms with E-state index in [-0.39, 0.29) is 11.9 Å². The number of amides is 1. The average molecular weight is 420 g/mol. The zero-order valence-corrected chi connectivity index (χ0v) is 18.3. The molecule has 0 bridgehead atoms. The predicted molar refractivity (Wildman–Crippen MR) is 123 cm³/mol. The molecule has 3 aromatic rings. The average Bonchev–Trinajstić information content (AvgIpc) is 2.80. The monoisotopic (exact) mass is 419 g/mol. The van der Waals surface area contributed by atoms with Gasteiger partial charge in [0, 0.05) is 17.5 Å². The van der Waals surface area contributed by atoms with Crippen LogP contribution in [0.3, 0.4) is 0 Å². The molecule has 6 heteroatoms. The normalized spacial score (nSPS) is 18.4. The van der Waals surface area contributed by atoms with Crippen molar-refractivity contribution in [3.8, 4) is 11.5 Å². The van der Waals surface area contributed by atoms with Crippen LogP contribution < -0.4 is 20.1 Å². The summed E-state index contributed by atoms with van der Waals surface area (Å²) in [5, 5.41) is 7.42. The van der Waals surface area contributed by atoms with Crippen LogP contribution in [-0.2, 0) is 0 Å². The molecule has 2 aromatic carbocycles. The third-order valence-electron chi connectivity index (χ3n) is 6.06. The van der Waals surface area contributed by atoms with Gasteiger partial charge in [-0.15, -0.1) is 0 Å². The first kappa shape index (κ1) is 21.0. The van der Waals surface area contributed by atoms with Crippen LogP contribution in [-0.4, -0.2) is 31.2 Å². The van der Waals surface area contributed by atoms with Crippen molar-refractivity contribution in [1.29, 1.82) is 0 Å². The number of anilines is 2. The molecule has 0 unspecified atom stereocenters. The maximum Gasteiger partial charge on any atom is 0.252 e. The molecule has 0 aliphatic heterocycles. The van der Waals surface area contributed by atoms with Gasteiger partial charge in [-0.1, -0.05) is 38.0 Å². The Morgan fingerprint density at radius 2 is 1.84 bits per heavy atom. The summed E-state index contributed by atoms with van der Waals surface area (Å²) >= 11 is 0. The van der Waals surface area contributed by atoms with Crippen molar-refractivity contribution in [2.45, 2.75) is 38.6 Å². The third kappa shape index (κ3) is 4.58. The number of methoxy groups -OCH3 is 2. The van der Waals surface area contributed by atoms with Gasteiger partial charge in [-0.2, -0.15) is 0 Å². The summed E-state index contributed by atoms with van der Waals surface area (Å²) in [5.74, 6) is 2.37. The van der Waals surface area contributed by atoms with E-state index in [2.05, 4.69) is 17.6 Å². The van der Waals surface area contributed by atoms with Gasteiger partial charge in [-0.05, 0) is 43.0 Å². The predicted octanol–water partition coefficient (Wildman–Crippen LogP) is 5.30. The Kier molecular flexibility index (Phi) is 6.26. The molecule has 1 saturated carbocycles. The molecule has 1 amide bonds. The highest BCUT2D eigenvalue weighted by atomic mass is 16.5. The second-order valence-electron chi connectivity index (χ2n) is 8.11. The highest BCUT2D eigenvalue weighted by Gasteiger charge is 2.24. The van der Waals surface area contributed by atoms with Gasteiger partial charge < -0.3 is 20.1 Å². The SMILES string of the molecule is COc1ccc(Nc2cc(C(=O)N[C@@H]3CCCC[C@H]3C)c3ccccc3n2)c(OC)c1. The molecule has 31 heavy (non-hydrogen) atoms. The first-order valence-electron chi connectivity index (χ1n) is 10.8. The molecule has 2 atom stereocenters. The Hall–Kier alpha value is -3.28. The van der Waals surface area contributed by atoms with Crippen LogP contribution in [0.2, 0.25) is 0 Å². The summed E-state index contributed by atoms with van der Waals surface area (Å²) in [6, 6.07) is 15.3. The molecular weight excluding hydrogens is 390 g/mol. The van der Waals surface area contributed by atoms with Crippen molar-refractivity contribution < 1.29 is 14.3 Å². The van der Waals surface area contributed by atoms with Crippen LogP contribution in [0.5, 0.6) is 11.5 Å². The lowest BCUT2D eigenvalue weighted by Crippen LogP contribution is -2.41. The summed E-state index contributed by atoms with van der Waals surface area (Å²) in [6.07, 6.45) is 4.59. The Morgan fingerprint density at radius 3 is 2.61 bits per heavy atom. The molecule has 0 radical (unpaired) electrons. The van der Waals surface area contributed by atoms with Crippen LogP contribution in [0.25, 0.3) is 10.9 Å². The van der Waals surface area contributed by atoms with Gasteiger partial charge in [-0.25, -0.2) is 4.98 Å². The van der Waals surface area contributed by atoms with E-state index in [9.17, 15) is 4.79 Å². The number of aromatic nitrogens is 1. The lowest BCUT2D eigenvalue weighted by Gasteiger charge is -2.29. The Bertz CT molecular complexity index is 1080. The minimum Gasteiger partial charge on any atom is -0.497 e. The number of ether oxygens (including phenoxy) is 2. The number of fused-ring (bicyclic) bond motifs is 1. The van der Waals surface area contributed by atoms with Crippen molar-refractivity contribution in [3.05, 3.63) is 54.1 Å². The number of para-hydroxylation sites is 1. The van der Waals surface area contributed by atoms with Gasteiger partial charge in [-0.3, -0.25) is 4.79 Å². The first-order chi connectivity index (χ1) is 15.1. The number of nitrogens with zero attached hydrogens (tertiary/aromatic N) is 1. The first-order valence-corrected chi connectivity index (χ1v) is 10.8. The van der Waals surface area contributed by atoms with E-state index in [0.717, 1.165) is 35.9 Å². The second-order valence-corrected chi connectivity index (χ2v) is 8.11. The van der Waals surface area contributed by atoms with E-state index in [0.29, 0.717) is 28.8 Å². The van der Waals surface area contributed by atoms with Crippen molar-refractivity contribution in [1.82, 2.24) is 10.3 Å². The topological polar surface area (TPSA) is 72.5 Å². The lowest BCUT2D eigenvalue weighted by molar-refractivity contribution is 0.0912. The van der Waals surface area contributed by atoms with E-state index in [1.165, 1.54) is 6.42 Å². The molecule has 0 saturated heterocycles. The number of nitrogens with one attached hydrogen (secondary N) is 2. The van der Waals surface area contributed by atoms with Crippen LogP contribution in [0.15, 0.2) is 48.5 Å². The molecule has 162 valence electrons. The van der Waals surface area contributed by atoms with Gasteiger partial charge in [0.2, 0.25) is 0 Å². The molecule has 1 heterocycles. The van der Waals surface area contributed by atoms with E-state index in [4.69, 9.17) is 14.5 Å². The summed E-state index contributed by atoms with van der Waals surface area (Å²) < 4.78 is 10.8. The molecule has 4 rings (SSSR count). The summed E-state index contributed by atoms with van der Waals surface area (Å²) in [4.78, 5) is 18.0. The second kappa shape index (κ2) is 9.25. The summed E-state index contributed by atoms with van der Waals surface area (Å²) in [5.41, 5.74) is 2.14. The zero-order valence-electron chi connectivity index (χ0n) is 18.3. The third-order valence-corrected chi connectivity index (χ3v) is 6.06. The fraction of sp³-hybridized carbons (Fsp3) is 0.360. The number of hydrogen-bond acceptors (Lipinski definition) is 5. The molecule has 1 fully saturated rings. The van der Waals surface area contributed by atoms with Crippen LogP contribution in [0.1, 0.15) is 43.0 Å². The van der Waals surface area contributed by atoms with Crippen molar-refractivity contribution >= 4 is 28.3 Å². The molecular formula is C25H29N3O3. The van der Waals surface area contributed by atoms with Crippen molar-refractivity contribution in [2.75, 3.05) is 19.5 Å². The van der Waals surface area contributed by atoms with Crippen molar-refractivity contribution in [2.24, 2.45) is 5.92 Å². The van der Waals surface area contributed by atoms with Gasteiger partial charge in [0.1, 0.15) is 17.3 Å². The largest absolute Gasteiger partial charge is 0.497 e. The van der Waals surface area contributed by atoms with Gasteiger partial charge >= 0.3 is 0 Å². The molecule has 1 aliphatic carbocycles. The van der Waals surface area contributed by atoms with Gasteiger partial charge in [0.05, 0.1) is 31.0 Å². The fourth-order valence-electron chi connectivity index (χ4n) is 4.24. The minimum atomic E-state index is -0.0536. The van der Waals surface area contributed by atoms with Crippen molar-refractivity contribution in [3.63, 3.8) is 0 Å². The Labute approximate surface area is 183 Å². The number of carbonyl (C=O) groups is 1. The highest BCUT2D eigenvalue weighted by molar-refractivity contribution is 6.07. The standard InChI is InChI=1S/C25H29N3O3/c1-16-8-4-6-10-20(16)28-25(29)19-15-24(26-21-11-7-5-9-18(19)21)27-22-13-12-17(30-2)14-23(22)31-3/h5,7,9,11-16,20H,4,6,8,10H2,1-3H3,(H,26,27)(H,28,29)/t16-,20-/m1/s1.